The quantitative estimate of drug-likeness (QED) is 0.903. The summed E-state index contributed by atoms with van der Waals surface area (Å²) in [5, 5.41) is 14.9. The molecule has 1 N–H and O–H groups in total. The molecule has 2 fully saturated rings. The van der Waals surface area contributed by atoms with Gasteiger partial charge in [0.25, 0.3) is 0 Å². The van der Waals surface area contributed by atoms with Gasteiger partial charge in [-0.3, -0.25) is 0 Å². The standard InChI is InChI=1S/C19H25N3O3/c1-24-16-8-6-15(7-9-16)22-18(10-14-11-25-12-17(14)23)20-19(21-22)13-4-2-3-5-13/h6-9,13-14,17,23H,2-5,10-12H2,1H3/t14-,17-/m1/s1. The van der Waals surface area contributed by atoms with Gasteiger partial charge in [-0.25, -0.2) is 9.67 Å². The first-order chi connectivity index (χ1) is 12.2. The van der Waals surface area contributed by atoms with E-state index in [-0.39, 0.29) is 5.92 Å². The Labute approximate surface area is 147 Å². The highest BCUT2D eigenvalue weighted by atomic mass is 16.5. The van der Waals surface area contributed by atoms with Crippen molar-refractivity contribution in [2.75, 3.05) is 20.3 Å². The maximum Gasteiger partial charge on any atom is 0.154 e. The number of benzene rings is 1. The second kappa shape index (κ2) is 7.14. The van der Waals surface area contributed by atoms with E-state index in [1.165, 1.54) is 25.7 Å². The van der Waals surface area contributed by atoms with E-state index in [2.05, 4.69) is 0 Å². The first kappa shape index (κ1) is 16.5. The van der Waals surface area contributed by atoms with E-state index in [1.54, 1.807) is 7.11 Å². The lowest BCUT2D eigenvalue weighted by atomic mass is 10.0. The first-order valence-corrected chi connectivity index (χ1v) is 9.10. The van der Waals surface area contributed by atoms with Gasteiger partial charge in [0.15, 0.2) is 5.82 Å². The minimum atomic E-state index is -0.420. The Balaban J connectivity index is 1.66. The summed E-state index contributed by atoms with van der Waals surface area (Å²) in [6.07, 6.45) is 5.10. The van der Waals surface area contributed by atoms with Crippen molar-refractivity contribution in [2.45, 2.75) is 44.1 Å². The summed E-state index contributed by atoms with van der Waals surface area (Å²) in [5.41, 5.74) is 0.973. The lowest BCUT2D eigenvalue weighted by Gasteiger charge is -2.12. The van der Waals surface area contributed by atoms with Gasteiger partial charge in [0, 0.05) is 18.3 Å². The molecule has 2 aromatic rings. The average Bonchev–Trinajstić information content (AvgIpc) is 3.37. The van der Waals surface area contributed by atoms with Crippen LogP contribution in [0.3, 0.4) is 0 Å². The predicted molar refractivity (Wildman–Crippen MR) is 93.1 cm³/mol. The Morgan fingerprint density at radius 3 is 2.60 bits per heavy atom. The molecule has 0 radical (unpaired) electrons. The molecule has 6 nitrogen and oxygen atoms in total. The lowest BCUT2D eigenvalue weighted by Crippen LogP contribution is -2.21. The summed E-state index contributed by atoms with van der Waals surface area (Å²) < 4.78 is 12.6. The monoisotopic (exact) mass is 343 g/mol. The fraction of sp³-hybridized carbons (Fsp3) is 0.579. The molecule has 1 aliphatic carbocycles. The van der Waals surface area contributed by atoms with Crippen LogP contribution in [0.1, 0.15) is 43.3 Å². The van der Waals surface area contributed by atoms with Gasteiger partial charge in [-0.15, -0.1) is 0 Å². The molecule has 6 heteroatoms. The third kappa shape index (κ3) is 3.41. The van der Waals surface area contributed by atoms with Crippen LogP contribution in [0, 0.1) is 5.92 Å². The normalized spacial score (nSPS) is 24.1. The number of hydrogen-bond acceptors (Lipinski definition) is 5. The van der Waals surface area contributed by atoms with Gasteiger partial charge in [-0.05, 0) is 37.1 Å². The Bertz CT molecular complexity index is 707. The van der Waals surface area contributed by atoms with Crippen molar-refractivity contribution in [3.63, 3.8) is 0 Å². The third-order valence-electron chi connectivity index (χ3n) is 5.34. The van der Waals surface area contributed by atoms with Crippen LogP contribution in [0.2, 0.25) is 0 Å². The number of methoxy groups -OCH3 is 1. The van der Waals surface area contributed by atoms with Gasteiger partial charge in [-0.2, -0.15) is 5.10 Å². The number of aliphatic hydroxyl groups is 1. The van der Waals surface area contributed by atoms with Crippen molar-refractivity contribution < 1.29 is 14.6 Å². The van der Waals surface area contributed by atoms with E-state index in [9.17, 15) is 5.11 Å². The Morgan fingerprint density at radius 1 is 1.20 bits per heavy atom. The number of ether oxygens (including phenoxy) is 2. The fourth-order valence-corrected chi connectivity index (χ4v) is 3.80. The minimum Gasteiger partial charge on any atom is -0.497 e. The number of aromatic nitrogens is 3. The van der Waals surface area contributed by atoms with Crippen LogP contribution >= 0.6 is 0 Å². The SMILES string of the molecule is COc1ccc(-n2nc(C3CCCC3)nc2C[C@@H]2COC[C@H]2O)cc1. The summed E-state index contributed by atoms with van der Waals surface area (Å²) in [7, 11) is 1.66. The smallest absolute Gasteiger partial charge is 0.154 e. The molecule has 4 rings (SSSR count). The van der Waals surface area contributed by atoms with Gasteiger partial charge in [0.1, 0.15) is 11.6 Å². The maximum atomic E-state index is 10.1. The molecular weight excluding hydrogens is 318 g/mol. The molecule has 2 heterocycles. The summed E-state index contributed by atoms with van der Waals surface area (Å²) >= 11 is 0. The molecular formula is C19H25N3O3. The van der Waals surface area contributed by atoms with Crippen molar-refractivity contribution in [1.29, 1.82) is 0 Å². The largest absolute Gasteiger partial charge is 0.497 e. The Hall–Kier alpha value is -1.92. The molecule has 1 saturated heterocycles. The van der Waals surface area contributed by atoms with Crippen molar-refractivity contribution in [3.8, 4) is 11.4 Å². The summed E-state index contributed by atoms with van der Waals surface area (Å²) in [6, 6.07) is 7.86. The highest BCUT2D eigenvalue weighted by Gasteiger charge is 2.30. The van der Waals surface area contributed by atoms with Crippen LogP contribution in [0.15, 0.2) is 24.3 Å². The Kier molecular flexibility index (Phi) is 4.72. The van der Waals surface area contributed by atoms with Crippen LogP contribution in [0.25, 0.3) is 5.69 Å². The van der Waals surface area contributed by atoms with Crippen LogP contribution in [0.5, 0.6) is 5.75 Å². The Morgan fingerprint density at radius 2 is 1.96 bits per heavy atom. The molecule has 1 aromatic heterocycles. The number of hydrogen-bond donors (Lipinski definition) is 1. The molecule has 0 amide bonds. The van der Waals surface area contributed by atoms with E-state index in [1.807, 2.05) is 28.9 Å². The van der Waals surface area contributed by atoms with Crippen LogP contribution < -0.4 is 4.74 Å². The highest BCUT2D eigenvalue weighted by molar-refractivity contribution is 5.37. The molecule has 0 unspecified atom stereocenters. The van der Waals surface area contributed by atoms with Gasteiger partial charge in [-0.1, -0.05) is 12.8 Å². The van der Waals surface area contributed by atoms with E-state index >= 15 is 0 Å². The number of rotatable bonds is 5. The third-order valence-corrected chi connectivity index (χ3v) is 5.34. The van der Waals surface area contributed by atoms with Gasteiger partial charge < -0.3 is 14.6 Å². The second-order valence-electron chi connectivity index (χ2n) is 7.05. The van der Waals surface area contributed by atoms with Crippen LogP contribution in [0.4, 0.5) is 0 Å². The summed E-state index contributed by atoms with van der Waals surface area (Å²) in [5.74, 6) is 3.21. The van der Waals surface area contributed by atoms with Crippen molar-refractivity contribution >= 4 is 0 Å². The van der Waals surface area contributed by atoms with Gasteiger partial charge in [0.2, 0.25) is 0 Å². The van der Waals surface area contributed by atoms with E-state index < -0.39 is 6.10 Å². The molecule has 1 saturated carbocycles. The number of nitrogens with zero attached hydrogens (tertiary/aromatic N) is 3. The van der Waals surface area contributed by atoms with E-state index in [0.717, 1.165) is 23.1 Å². The zero-order valence-corrected chi connectivity index (χ0v) is 14.6. The molecule has 25 heavy (non-hydrogen) atoms. The fourth-order valence-electron chi connectivity index (χ4n) is 3.80. The highest BCUT2D eigenvalue weighted by Crippen LogP contribution is 2.33. The molecule has 0 spiro atoms. The molecule has 1 aliphatic heterocycles. The van der Waals surface area contributed by atoms with Crippen molar-refractivity contribution in [1.82, 2.24) is 14.8 Å². The first-order valence-electron chi connectivity index (χ1n) is 9.10. The van der Waals surface area contributed by atoms with Crippen LogP contribution in [-0.2, 0) is 11.2 Å². The van der Waals surface area contributed by atoms with Crippen molar-refractivity contribution in [3.05, 3.63) is 35.9 Å². The second-order valence-corrected chi connectivity index (χ2v) is 7.05. The predicted octanol–water partition coefficient (Wildman–Crippen LogP) is 2.48. The van der Waals surface area contributed by atoms with E-state index in [4.69, 9.17) is 19.6 Å². The van der Waals surface area contributed by atoms with Crippen LogP contribution in [-0.4, -0.2) is 46.3 Å². The minimum absolute atomic E-state index is 0.0811. The van der Waals surface area contributed by atoms with Gasteiger partial charge in [0.05, 0.1) is 32.1 Å². The molecule has 2 atom stereocenters. The average molecular weight is 343 g/mol. The topological polar surface area (TPSA) is 69.4 Å². The lowest BCUT2D eigenvalue weighted by molar-refractivity contribution is 0.118. The molecule has 0 bridgehead atoms. The summed E-state index contributed by atoms with van der Waals surface area (Å²) in [6.45, 7) is 0.992. The zero-order valence-electron chi connectivity index (χ0n) is 14.6. The van der Waals surface area contributed by atoms with Gasteiger partial charge >= 0.3 is 0 Å². The molecule has 1 aromatic carbocycles. The maximum absolute atomic E-state index is 10.1. The summed E-state index contributed by atoms with van der Waals surface area (Å²) in [4.78, 5) is 4.86. The number of aliphatic hydroxyl groups excluding tert-OH is 1. The molecule has 2 aliphatic rings. The molecule has 134 valence electrons. The van der Waals surface area contributed by atoms with Crippen molar-refractivity contribution in [2.24, 2.45) is 5.92 Å². The van der Waals surface area contributed by atoms with E-state index in [0.29, 0.717) is 25.6 Å². The zero-order chi connectivity index (χ0) is 17.2.